The fourth-order valence-electron chi connectivity index (χ4n) is 2.17. The minimum Gasteiger partial charge on any atom is -0.299 e. The fourth-order valence-corrected chi connectivity index (χ4v) is 2.17. The SMILES string of the molecule is C=C1C(=C)[C@@H]2CCC1CC2=O. The van der Waals surface area contributed by atoms with E-state index in [4.69, 9.17) is 0 Å². The highest BCUT2D eigenvalue weighted by atomic mass is 16.1. The van der Waals surface area contributed by atoms with Crippen molar-refractivity contribution in [3.05, 3.63) is 24.3 Å². The molecule has 3 fully saturated rings. The first kappa shape index (κ1) is 6.84. The second-order valence-electron chi connectivity index (χ2n) is 3.55. The Balaban J connectivity index is 2.37. The summed E-state index contributed by atoms with van der Waals surface area (Å²) in [5, 5.41) is 0. The lowest BCUT2D eigenvalue weighted by Gasteiger charge is -2.38. The quantitative estimate of drug-likeness (QED) is 0.514. The summed E-state index contributed by atoms with van der Waals surface area (Å²) in [6.45, 7) is 7.87. The van der Waals surface area contributed by atoms with Gasteiger partial charge in [0.25, 0.3) is 0 Å². The molecule has 0 spiro atoms. The minimum absolute atomic E-state index is 0.132. The van der Waals surface area contributed by atoms with Crippen LogP contribution in [0.5, 0.6) is 0 Å². The van der Waals surface area contributed by atoms with E-state index in [0.29, 0.717) is 11.7 Å². The van der Waals surface area contributed by atoms with Crippen LogP contribution < -0.4 is 0 Å². The van der Waals surface area contributed by atoms with Crippen LogP contribution in [-0.4, -0.2) is 5.78 Å². The molecule has 0 heterocycles. The van der Waals surface area contributed by atoms with E-state index in [1.807, 2.05) is 0 Å². The molecular weight excluding hydrogens is 136 g/mol. The number of fused-ring (bicyclic) bond motifs is 3. The molecule has 1 unspecified atom stereocenters. The van der Waals surface area contributed by atoms with Gasteiger partial charge in [-0.2, -0.15) is 0 Å². The highest BCUT2D eigenvalue weighted by molar-refractivity contribution is 5.88. The number of carbonyl (C=O) groups is 1. The van der Waals surface area contributed by atoms with Crippen LogP contribution in [-0.2, 0) is 4.79 Å². The number of hydrogen-bond donors (Lipinski definition) is 0. The molecule has 0 aromatic carbocycles. The first-order chi connectivity index (χ1) is 5.20. The van der Waals surface area contributed by atoms with Crippen LogP contribution in [0.15, 0.2) is 24.3 Å². The Kier molecular flexibility index (Phi) is 1.28. The molecule has 0 aliphatic heterocycles. The molecule has 58 valence electrons. The number of ketones is 1. The van der Waals surface area contributed by atoms with Crippen molar-refractivity contribution < 1.29 is 4.79 Å². The molecule has 3 rings (SSSR count). The number of allylic oxidation sites excluding steroid dienone is 2. The van der Waals surface area contributed by atoms with Crippen molar-refractivity contribution in [1.82, 2.24) is 0 Å². The largest absolute Gasteiger partial charge is 0.299 e. The summed E-state index contributed by atoms with van der Waals surface area (Å²) in [6.07, 6.45) is 2.89. The van der Waals surface area contributed by atoms with Gasteiger partial charge in [-0.15, -0.1) is 0 Å². The van der Waals surface area contributed by atoms with Crippen molar-refractivity contribution in [3.8, 4) is 0 Å². The second-order valence-corrected chi connectivity index (χ2v) is 3.55. The summed E-state index contributed by atoms with van der Waals surface area (Å²) in [5.74, 6) is 0.950. The predicted molar refractivity (Wildman–Crippen MR) is 44.1 cm³/mol. The van der Waals surface area contributed by atoms with Crippen LogP contribution in [0.25, 0.3) is 0 Å². The molecule has 11 heavy (non-hydrogen) atoms. The van der Waals surface area contributed by atoms with Gasteiger partial charge >= 0.3 is 0 Å². The molecule has 0 aromatic heterocycles. The standard InChI is InChI=1S/C10H12O/c1-6-7(2)9-4-3-8(6)5-10(9)11/h8-9H,1-5H2/t8?,9-/m0/s1. The van der Waals surface area contributed by atoms with Gasteiger partial charge in [-0.3, -0.25) is 4.79 Å². The lowest BCUT2D eigenvalue weighted by atomic mass is 9.65. The van der Waals surface area contributed by atoms with Crippen LogP contribution in [0.4, 0.5) is 0 Å². The Morgan fingerprint density at radius 1 is 1.18 bits per heavy atom. The van der Waals surface area contributed by atoms with E-state index >= 15 is 0 Å². The molecule has 3 saturated carbocycles. The third-order valence-electron chi connectivity index (χ3n) is 2.97. The highest BCUT2D eigenvalue weighted by Crippen LogP contribution is 2.44. The Morgan fingerprint density at radius 3 is 2.36 bits per heavy atom. The van der Waals surface area contributed by atoms with E-state index < -0.39 is 0 Å². The third-order valence-corrected chi connectivity index (χ3v) is 2.97. The van der Waals surface area contributed by atoms with Crippen LogP contribution >= 0.6 is 0 Å². The maximum absolute atomic E-state index is 11.3. The molecule has 3 aliphatic carbocycles. The topological polar surface area (TPSA) is 17.1 Å². The second kappa shape index (κ2) is 2.07. The van der Waals surface area contributed by atoms with Gasteiger partial charge in [-0.05, 0) is 29.9 Å². The van der Waals surface area contributed by atoms with Crippen LogP contribution in [0.3, 0.4) is 0 Å². The summed E-state index contributed by atoms with van der Waals surface area (Å²) in [5.41, 5.74) is 2.15. The normalized spacial score (nSPS) is 36.5. The van der Waals surface area contributed by atoms with Crippen molar-refractivity contribution in [2.75, 3.05) is 0 Å². The van der Waals surface area contributed by atoms with E-state index in [1.54, 1.807) is 0 Å². The highest BCUT2D eigenvalue weighted by Gasteiger charge is 2.38. The first-order valence-electron chi connectivity index (χ1n) is 4.11. The molecule has 0 radical (unpaired) electrons. The lowest BCUT2D eigenvalue weighted by molar-refractivity contribution is -0.125. The van der Waals surface area contributed by atoms with Crippen LogP contribution in [0, 0.1) is 11.8 Å². The molecule has 0 saturated heterocycles. The zero-order valence-corrected chi connectivity index (χ0v) is 6.60. The van der Waals surface area contributed by atoms with Crippen molar-refractivity contribution >= 4 is 5.78 Å². The monoisotopic (exact) mass is 148 g/mol. The zero-order valence-electron chi connectivity index (χ0n) is 6.60. The maximum atomic E-state index is 11.3. The number of Topliss-reactive ketones (excluding diaryl/α,β-unsaturated/α-hetero) is 1. The van der Waals surface area contributed by atoms with Crippen molar-refractivity contribution in [3.63, 3.8) is 0 Å². The third kappa shape index (κ3) is 0.802. The first-order valence-corrected chi connectivity index (χ1v) is 4.11. The van der Waals surface area contributed by atoms with Gasteiger partial charge in [0.1, 0.15) is 5.78 Å². The predicted octanol–water partition coefficient (Wildman–Crippen LogP) is 2.10. The average Bonchev–Trinajstić information content (AvgIpc) is 1.99. The summed E-state index contributed by atoms with van der Waals surface area (Å²) in [6, 6.07) is 0. The van der Waals surface area contributed by atoms with Crippen molar-refractivity contribution in [1.29, 1.82) is 0 Å². The molecular formula is C10H12O. The average molecular weight is 148 g/mol. The summed E-state index contributed by atoms with van der Waals surface area (Å²) in [7, 11) is 0. The van der Waals surface area contributed by atoms with Gasteiger partial charge in [0, 0.05) is 12.3 Å². The smallest absolute Gasteiger partial charge is 0.140 e. The molecule has 2 bridgehead atoms. The van der Waals surface area contributed by atoms with Gasteiger partial charge in [-0.1, -0.05) is 13.2 Å². The van der Waals surface area contributed by atoms with E-state index in [0.717, 1.165) is 30.4 Å². The van der Waals surface area contributed by atoms with Crippen molar-refractivity contribution in [2.45, 2.75) is 19.3 Å². The molecule has 0 aromatic rings. The number of hydrogen-bond acceptors (Lipinski definition) is 1. The number of carbonyl (C=O) groups excluding carboxylic acids is 1. The van der Waals surface area contributed by atoms with E-state index in [-0.39, 0.29) is 5.92 Å². The molecule has 1 nitrogen and oxygen atoms in total. The number of rotatable bonds is 0. The Labute approximate surface area is 66.8 Å². The summed E-state index contributed by atoms with van der Waals surface area (Å²) in [4.78, 5) is 11.3. The molecule has 1 heteroatoms. The zero-order chi connectivity index (χ0) is 8.01. The molecule has 2 atom stereocenters. The van der Waals surface area contributed by atoms with Crippen LogP contribution in [0.1, 0.15) is 19.3 Å². The van der Waals surface area contributed by atoms with E-state index in [1.165, 1.54) is 0 Å². The summed E-state index contributed by atoms with van der Waals surface area (Å²) < 4.78 is 0. The van der Waals surface area contributed by atoms with E-state index in [9.17, 15) is 4.79 Å². The lowest BCUT2D eigenvalue weighted by Crippen LogP contribution is -2.34. The van der Waals surface area contributed by atoms with Crippen LogP contribution in [0.2, 0.25) is 0 Å². The fraction of sp³-hybridized carbons (Fsp3) is 0.500. The van der Waals surface area contributed by atoms with Gasteiger partial charge in [0.15, 0.2) is 0 Å². The van der Waals surface area contributed by atoms with Crippen molar-refractivity contribution in [2.24, 2.45) is 11.8 Å². The van der Waals surface area contributed by atoms with E-state index in [2.05, 4.69) is 13.2 Å². The molecule has 0 amide bonds. The molecule has 3 aliphatic rings. The maximum Gasteiger partial charge on any atom is 0.140 e. The minimum atomic E-state index is 0.132. The van der Waals surface area contributed by atoms with Gasteiger partial charge < -0.3 is 0 Å². The Bertz CT molecular complexity index is 250. The Morgan fingerprint density at radius 2 is 1.91 bits per heavy atom. The van der Waals surface area contributed by atoms with Gasteiger partial charge in [0.05, 0.1) is 0 Å². The van der Waals surface area contributed by atoms with Gasteiger partial charge in [0.2, 0.25) is 0 Å². The molecule has 0 N–H and O–H groups in total. The van der Waals surface area contributed by atoms with Gasteiger partial charge in [-0.25, -0.2) is 0 Å². The Hall–Kier alpha value is -0.850. The summed E-state index contributed by atoms with van der Waals surface area (Å²) >= 11 is 0.